The van der Waals surface area contributed by atoms with E-state index in [4.69, 9.17) is 6.42 Å². The van der Waals surface area contributed by atoms with Crippen molar-refractivity contribution in [3.8, 4) is 12.3 Å². The number of nitrogens with zero attached hydrogens (tertiary/aromatic N) is 1. The van der Waals surface area contributed by atoms with E-state index in [-0.39, 0.29) is 0 Å². The average Bonchev–Trinajstić information content (AvgIpc) is 2.38. The third-order valence-corrected chi connectivity index (χ3v) is 3.08. The summed E-state index contributed by atoms with van der Waals surface area (Å²) in [7, 11) is 0. The third-order valence-electron chi connectivity index (χ3n) is 3.08. The van der Waals surface area contributed by atoms with E-state index in [0.29, 0.717) is 6.04 Å². The highest BCUT2D eigenvalue weighted by molar-refractivity contribution is 5.20. The predicted molar refractivity (Wildman–Crippen MR) is 67.1 cm³/mol. The first-order valence-corrected chi connectivity index (χ1v) is 5.85. The van der Waals surface area contributed by atoms with Crippen LogP contribution in [0.3, 0.4) is 0 Å². The van der Waals surface area contributed by atoms with E-state index < -0.39 is 0 Å². The summed E-state index contributed by atoms with van der Waals surface area (Å²) in [5, 5.41) is 3.45. The summed E-state index contributed by atoms with van der Waals surface area (Å²) >= 11 is 0. The molecule has 16 heavy (non-hydrogen) atoms. The van der Waals surface area contributed by atoms with Gasteiger partial charge in [-0.05, 0) is 5.56 Å². The summed E-state index contributed by atoms with van der Waals surface area (Å²) in [4.78, 5) is 2.48. The molecule has 1 aliphatic heterocycles. The van der Waals surface area contributed by atoms with Crippen LogP contribution in [-0.4, -0.2) is 31.1 Å². The Morgan fingerprint density at radius 1 is 1.38 bits per heavy atom. The zero-order valence-corrected chi connectivity index (χ0v) is 9.52. The van der Waals surface area contributed by atoms with Crippen LogP contribution >= 0.6 is 0 Å². The van der Waals surface area contributed by atoms with Crippen molar-refractivity contribution in [2.45, 2.75) is 12.5 Å². The van der Waals surface area contributed by atoms with Crippen molar-refractivity contribution >= 4 is 0 Å². The molecule has 1 aromatic carbocycles. The summed E-state index contributed by atoms with van der Waals surface area (Å²) in [6.45, 7) is 4.17. The lowest BCUT2D eigenvalue weighted by atomic mass is 10.0. The fourth-order valence-corrected chi connectivity index (χ4v) is 2.23. The molecular formula is C14H18N2. The van der Waals surface area contributed by atoms with Gasteiger partial charge in [0.1, 0.15) is 0 Å². The number of hydrogen-bond donors (Lipinski definition) is 1. The quantitative estimate of drug-likeness (QED) is 0.770. The predicted octanol–water partition coefficient (Wildman–Crippen LogP) is 1.66. The van der Waals surface area contributed by atoms with Crippen LogP contribution in [0, 0.1) is 12.3 Å². The number of hydrogen-bond acceptors (Lipinski definition) is 2. The molecule has 1 N–H and O–H groups in total. The second kappa shape index (κ2) is 5.69. The molecule has 0 aliphatic carbocycles. The van der Waals surface area contributed by atoms with Gasteiger partial charge < -0.3 is 5.32 Å². The molecule has 1 saturated heterocycles. The molecule has 1 aromatic rings. The summed E-state index contributed by atoms with van der Waals surface area (Å²) in [6, 6.07) is 11.1. The van der Waals surface area contributed by atoms with E-state index >= 15 is 0 Å². The molecule has 1 heterocycles. The van der Waals surface area contributed by atoms with Gasteiger partial charge in [-0.25, -0.2) is 0 Å². The van der Waals surface area contributed by atoms with Crippen molar-refractivity contribution < 1.29 is 0 Å². The van der Waals surface area contributed by atoms with Crippen molar-refractivity contribution in [1.29, 1.82) is 0 Å². The van der Waals surface area contributed by atoms with E-state index in [2.05, 4.69) is 46.5 Å². The van der Waals surface area contributed by atoms with Crippen LogP contribution in [-0.2, 0) is 0 Å². The van der Waals surface area contributed by atoms with Gasteiger partial charge in [0, 0.05) is 38.6 Å². The molecule has 0 bridgehead atoms. The highest BCUT2D eigenvalue weighted by Crippen LogP contribution is 2.21. The normalized spacial score (nSPS) is 21.6. The first-order chi connectivity index (χ1) is 7.92. The summed E-state index contributed by atoms with van der Waals surface area (Å²) in [6.07, 6.45) is 6.17. The molecule has 1 aliphatic rings. The van der Waals surface area contributed by atoms with Crippen molar-refractivity contribution in [2.24, 2.45) is 0 Å². The first-order valence-electron chi connectivity index (χ1n) is 5.85. The molecular weight excluding hydrogens is 196 g/mol. The van der Waals surface area contributed by atoms with Crippen LogP contribution in [0.1, 0.15) is 18.0 Å². The lowest BCUT2D eigenvalue weighted by Crippen LogP contribution is -2.46. The molecule has 0 saturated carbocycles. The molecule has 84 valence electrons. The fraction of sp³-hybridized carbons (Fsp3) is 0.429. The Morgan fingerprint density at radius 2 is 2.19 bits per heavy atom. The van der Waals surface area contributed by atoms with E-state index in [0.717, 1.165) is 32.6 Å². The maximum absolute atomic E-state index is 5.34. The number of piperazine rings is 1. The van der Waals surface area contributed by atoms with Gasteiger partial charge in [-0.3, -0.25) is 4.90 Å². The smallest absolute Gasteiger partial charge is 0.0473 e. The Kier molecular flexibility index (Phi) is 3.98. The SMILES string of the molecule is C#CCCN1CCNCC1c1ccccc1. The van der Waals surface area contributed by atoms with Gasteiger partial charge in [0.15, 0.2) is 0 Å². The first kappa shape index (κ1) is 11.2. The molecule has 0 radical (unpaired) electrons. The minimum Gasteiger partial charge on any atom is -0.314 e. The maximum atomic E-state index is 5.34. The van der Waals surface area contributed by atoms with Crippen LogP contribution in [0.2, 0.25) is 0 Å². The number of benzene rings is 1. The number of nitrogens with one attached hydrogen (secondary N) is 1. The average molecular weight is 214 g/mol. The molecule has 0 aromatic heterocycles. The summed E-state index contributed by atoms with van der Waals surface area (Å²) in [5.41, 5.74) is 1.38. The molecule has 1 fully saturated rings. The van der Waals surface area contributed by atoms with Crippen LogP contribution in [0.15, 0.2) is 30.3 Å². The Morgan fingerprint density at radius 3 is 2.94 bits per heavy atom. The molecule has 2 heteroatoms. The summed E-state index contributed by atoms with van der Waals surface area (Å²) < 4.78 is 0. The van der Waals surface area contributed by atoms with Crippen LogP contribution in [0.5, 0.6) is 0 Å². The van der Waals surface area contributed by atoms with E-state index in [1.807, 2.05) is 0 Å². The van der Waals surface area contributed by atoms with Crippen LogP contribution in [0.25, 0.3) is 0 Å². The van der Waals surface area contributed by atoms with Crippen molar-refractivity contribution in [3.05, 3.63) is 35.9 Å². The molecule has 1 atom stereocenters. The highest BCUT2D eigenvalue weighted by atomic mass is 15.2. The van der Waals surface area contributed by atoms with E-state index in [1.54, 1.807) is 0 Å². The topological polar surface area (TPSA) is 15.3 Å². The second-order valence-corrected chi connectivity index (χ2v) is 4.12. The van der Waals surface area contributed by atoms with Crippen LogP contribution in [0.4, 0.5) is 0 Å². The van der Waals surface area contributed by atoms with Gasteiger partial charge in [-0.15, -0.1) is 12.3 Å². The largest absolute Gasteiger partial charge is 0.314 e. The minimum atomic E-state index is 0.475. The number of terminal acetylenes is 1. The lowest BCUT2D eigenvalue weighted by molar-refractivity contribution is 0.166. The molecule has 1 unspecified atom stereocenters. The number of rotatable bonds is 3. The van der Waals surface area contributed by atoms with Crippen LogP contribution < -0.4 is 5.32 Å². The van der Waals surface area contributed by atoms with Gasteiger partial charge in [-0.1, -0.05) is 30.3 Å². The molecule has 0 amide bonds. The van der Waals surface area contributed by atoms with Gasteiger partial charge in [0.2, 0.25) is 0 Å². The summed E-state index contributed by atoms with van der Waals surface area (Å²) in [5.74, 6) is 2.72. The van der Waals surface area contributed by atoms with Crippen molar-refractivity contribution in [2.75, 3.05) is 26.2 Å². The Labute approximate surface area is 97.7 Å². The van der Waals surface area contributed by atoms with Gasteiger partial charge >= 0.3 is 0 Å². The van der Waals surface area contributed by atoms with Gasteiger partial charge in [0.25, 0.3) is 0 Å². The minimum absolute atomic E-state index is 0.475. The lowest BCUT2D eigenvalue weighted by Gasteiger charge is -2.36. The molecule has 2 rings (SSSR count). The zero-order valence-electron chi connectivity index (χ0n) is 9.52. The second-order valence-electron chi connectivity index (χ2n) is 4.12. The van der Waals surface area contributed by atoms with Gasteiger partial charge in [-0.2, -0.15) is 0 Å². The Hall–Kier alpha value is -1.30. The standard InChI is InChI=1S/C14H18N2/c1-2-3-10-16-11-9-15-12-14(16)13-7-5-4-6-8-13/h1,4-8,14-15H,3,9-12H2. The van der Waals surface area contributed by atoms with Crippen molar-refractivity contribution in [3.63, 3.8) is 0 Å². The third kappa shape index (κ3) is 2.63. The maximum Gasteiger partial charge on any atom is 0.0473 e. The highest BCUT2D eigenvalue weighted by Gasteiger charge is 2.22. The Bertz CT molecular complexity index is 353. The molecule has 0 spiro atoms. The zero-order chi connectivity index (χ0) is 11.2. The molecule has 2 nitrogen and oxygen atoms in total. The van der Waals surface area contributed by atoms with E-state index in [9.17, 15) is 0 Å². The van der Waals surface area contributed by atoms with Crippen molar-refractivity contribution in [1.82, 2.24) is 10.2 Å². The van der Waals surface area contributed by atoms with E-state index in [1.165, 1.54) is 5.56 Å². The Balaban J connectivity index is 2.08. The monoisotopic (exact) mass is 214 g/mol. The van der Waals surface area contributed by atoms with Gasteiger partial charge in [0.05, 0.1) is 0 Å². The fourth-order valence-electron chi connectivity index (χ4n) is 2.23.